The molecule has 0 radical (unpaired) electrons. The van der Waals surface area contributed by atoms with E-state index >= 15 is 0 Å². The van der Waals surface area contributed by atoms with Crippen molar-refractivity contribution in [3.63, 3.8) is 0 Å². The Morgan fingerprint density at radius 3 is 2.67 bits per heavy atom. The first-order valence-corrected chi connectivity index (χ1v) is 6.46. The predicted molar refractivity (Wildman–Crippen MR) is 73.0 cm³/mol. The van der Waals surface area contributed by atoms with Crippen molar-refractivity contribution in [2.75, 3.05) is 5.73 Å². The SMILES string of the molecule is CCn1cc(-c2nn(CCC(C)C)cc2N)cn1. The summed E-state index contributed by atoms with van der Waals surface area (Å²) in [5.41, 5.74) is 8.54. The molecule has 0 unspecified atom stereocenters. The molecule has 0 aliphatic heterocycles. The molecule has 0 saturated heterocycles. The number of hydrogen-bond acceptors (Lipinski definition) is 3. The van der Waals surface area contributed by atoms with Gasteiger partial charge in [0.1, 0.15) is 5.69 Å². The van der Waals surface area contributed by atoms with Crippen LogP contribution >= 0.6 is 0 Å². The Morgan fingerprint density at radius 2 is 2.06 bits per heavy atom. The summed E-state index contributed by atoms with van der Waals surface area (Å²) >= 11 is 0. The molecule has 2 heterocycles. The van der Waals surface area contributed by atoms with Crippen molar-refractivity contribution in [2.45, 2.75) is 40.3 Å². The maximum atomic E-state index is 6.01. The van der Waals surface area contributed by atoms with Gasteiger partial charge in [0.2, 0.25) is 0 Å². The highest BCUT2D eigenvalue weighted by Gasteiger charge is 2.10. The van der Waals surface area contributed by atoms with Gasteiger partial charge in [0.25, 0.3) is 0 Å². The van der Waals surface area contributed by atoms with E-state index < -0.39 is 0 Å². The van der Waals surface area contributed by atoms with Gasteiger partial charge in [-0.2, -0.15) is 10.2 Å². The lowest BCUT2D eigenvalue weighted by Gasteiger charge is -2.03. The molecule has 0 aliphatic carbocycles. The van der Waals surface area contributed by atoms with Crippen LogP contribution in [0.5, 0.6) is 0 Å². The second-order valence-electron chi connectivity index (χ2n) is 4.96. The Bertz CT molecular complexity index is 509. The van der Waals surface area contributed by atoms with E-state index in [1.165, 1.54) is 0 Å². The minimum absolute atomic E-state index is 0.668. The van der Waals surface area contributed by atoms with E-state index in [9.17, 15) is 0 Å². The number of nitrogen functional groups attached to an aromatic ring is 1. The summed E-state index contributed by atoms with van der Waals surface area (Å²) in [6.45, 7) is 8.23. The molecule has 0 amide bonds. The maximum absolute atomic E-state index is 6.01. The van der Waals surface area contributed by atoms with Gasteiger partial charge in [0.15, 0.2) is 0 Å². The van der Waals surface area contributed by atoms with Crippen LogP contribution in [0, 0.1) is 5.92 Å². The van der Waals surface area contributed by atoms with Crippen molar-refractivity contribution in [1.82, 2.24) is 19.6 Å². The predicted octanol–water partition coefficient (Wildman–Crippen LogP) is 2.39. The second kappa shape index (κ2) is 5.25. The van der Waals surface area contributed by atoms with Crippen LogP contribution in [0.3, 0.4) is 0 Å². The lowest BCUT2D eigenvalue weighted by Crippen LogP contribution is -2.01. The molecule has 0 bridgehead atoms. The molecule has 0 atom stereocenters. The number of nitrogens with zero attached hydrogens (tertiary/aromatic N) is 4. The van der Waals surface area contributed by atoms with Gasteiger partial charge in [-0.1, -0.05) is 13.8 Å². The lowest BCUT2D eigenvalue weighted by molar-refractivity contribution is 0.488. The standard InChI is InChI=1S/C13H21N5/c1-4-17-8-11(7-15-17)13-12(14)9-18(16-13)6-5-10(2)3/h7-10H,4-6,14H2,1-3H3. The molecule has 2 N–H and O–H groups in total. The van der Waals surface area contributed by atoms with Gasteiger partial charge in [-0.25, -0.2) is 0 Å². The molecule has 2 rings (SSSR count). The Labute approximate surface area is 108 Å². The number of anilines is 1. The molecular formula is C13H21N5. The molecule has 98 valence electrons. The first-order valence-electron chi connectivity index (χ1n) is 6.46. The van der Waals surface area contributed by atoms with Crippen LogP contribution in [0.1, 0.15) is 27.2 Å². The average Bonchev–Trinajstić information content (AvgIpc) is 2.92. The van der Waals surface area contributed by atoms with Crippen LogP contribution in [-0.2, 0) is 13.1 Å². The van der Waals surface area contributed by atoms with Gasteiger partial charge in [-0.05, 0) is 19.3 Å². The van der Waals surface area contributed by atoms with Gasteiger partial charge in [0.05, 0.1) is 11.9 Å². The van der Waals surface area contributed by atoms with Crippen molar-refractivity contribution in [3.8, 4) is 11.3 Å². The highest BCUT2D eigenvalue weighted by molar-refractivity contribution is 5.70. The fourth-order valence-electron chi connectivity index (χ4n) is 1.82. The Kier molecular flexibility index (Phi) is 3.69. The molecule has 0 fully saturated rings. The zero-order valence-corrected chi connectivity index (χ0v) is 11.3. The summed E-state index contributed by atoms with van der Waals surface area (Å²) < 4.78 is 3.80. The van der Waals surface area contributed by atoms with E-state index in [1.807, 2.05) is 28.0 Å². The molecule has 0 aromatic carbocycles. The number of aromatic nitrogens is 4. The van der Waals surface area contributed by atoms with Crippen LogP contribution in [0.2, 0.25) is 0 Å². The number of rotatable bonds is 5. The zero-order valence-electron chi connectivity index (χ0n) is 11.3. The molecule has 2 aromatic heterocycles. The fraction of sp³-hybridized carbons (Fsp3) is 0.538. The highest BCUT2D eigenvalue weighted by Crippen LogP contribution is 2.23. The first kappa shape index (κ1) is 12.7. The smallest absolute Gasteiger partial charge is 0.118 e. The van der Waals surface area contributed by atoms with Gasteiger partial charge in [0, 0.05) is 31.0 Å². The lowest BCUT2D eigenvalue weighted by atomic mass is 10.1. The molecule has 18 heavy (non-hydrogen) atoms. The fourth-order valence-corrected chi connectivity index (χ4v) is 1.82. The maximum Gasteiger partial charge on any atom is 0.118 e. The molecule has 2 aromatic rings. The summed E-state index contributed by atoms with van der Waals surface area (Å²) in [5, 5.41) is 8.79. The van der Waals surface area contributed by atoms with Gasteiger partial charge < -0.3 is 5.73 Å². The van der Waals surface area contributed by atoms with Crippen molar-refractivity contribution in [2.24, 2.45) is 5.92 Å². The third kappa shape index (κ3) is 2.72. The van der Waals surface area contributed by atoms with Crippen molar-refractivity contribution < 1.29 is 0 Å². The third-order valence-electron chi connectivity index (χ3n) is 2.96. The summed E-state index contributed by atoms with van der Waals surface area (Å²) in [4.78, 5) is 0. The van der Waals surface area contributed by atoms with Crippen molar-refractivity contribution in [1.29, 1.82) is 0 Å². The minimum Gasteiger partial charge on any atom is -0.396 e. The average molecular weight is 247 g/mol. The first-order chi connectivity index (χ1) is 8.60. The Morgan fingerprint density at radius 1 is 1.28 bits per heavy atom. The van der Waals surface area contributed by atoms with E-state index in [0.717, 1.165) is 36.5 Å². The number of nitrogens with two attached hydrogens (primary N) is 1. The number of hydrogen-bond donors (Lipinski definition) is 1. The Balaban J connectivity index is 2.18. The van der Waals surface area contributed by atoms with E-state index in [4.69, 9.17) is 5.73 Å². The second-order valence-corrected chi connectivity index (χ2v) is 4.96. The van der Waals surface area contributed by atoms with E-state index in [-0.39, 0.29) is 0 Å². The normalized spacial score (nSPS) is 11.3. The van der Waals surface area contributed by atoms with Crippen LogP contribution < -0.4 is 5.73 Å². The summed E-state index contributed by atoms with van der Waals surface area (Å²) in [6.07, 6.45) is 6.80. The quantitative estimate of drug-likeness (QED) is 0.882. The van der Waals surface area contributed by atoms with Gasteiger partial charge in [-0.15, -0.1) is 0 Å². The third-order valence-corrected chi connectivity index (χ3v) is 2.96. The van der Waals surface area contributed by atoms with Crippen molar-refractivity contribution >= 4 is 5.69 Å². The molecule has 0 saturated carbocycles. The monoisotopic (exact) mass is 247 g/mol. The van der Waals surface area contributed by atoms with Crippen LogP contribution in [-0.4, -0.2) is 19.6 Å². The summed E-state index contributed by atoms with van der Waals surface area (Å²) in [6, 6.07) is 0. The van der Waals surface area contributed by atoms with Crippen LogP contribution in [0.15, 0.2) is 18.6 Å². The molecular weight excluding hydrogens is 226 g/mol. The molecule has 0 spiro atoms. The van der Waals surface area contributed by atoms with Crippen molar-refractivity contribution in [3.05, 3.63) is 18.6 Å². The van der Waals surface area contributed by atoms with Gasteiger partial charge in [-0.3, -0.25) is 9.36 Å². The van der Waals surface area contributed by atoms with Crippen LogP contribution in [0.25, 0.3) is 11.3 Å². The van der Waals surface area contributed by atoms with E-state index in [0.29, 0.717) is 5.92 Å². The van der Waals surface area contributed by atoms with Crippen LogP contribution in [0.4, 0.5) is 5.69 Å². The van der Waals surface area contributed by atoms with E-state index in [1.54, 1.807) is 0 Å². The van der Waals surface area contributed by atoms with E-state index in [2.05, 4.69) is 31.0 Å². The summed E-state index contributed by atoms with van der Waals surface area (Å²) in [7, 11) is 0. The molecule has 5 nitrogen and oxygen atoms in total. The minimum atomic E-state index is 0.668. The highest BCUT2D eigenvalue weighted by atomic mass is 15.3. The zero-order chi connectivity index (χ0) is 13.1. The molecule has 0 aliphatic rings. The topological polar surface area (TPSA) is 61.7 Å². The number of aryl methyl sites for hydroxylation is 2. The largest absolute Gasteiger partial charge is 0.396 e. The van der Waals surface area contributed by atoms with Gasteiger partial charge >= 0.3 is 0 Å². The Hall–Kier alpha value is -1.78. The molecule has 5 heteroatoms. The summed E-state index contributed by atoms with van der Waals surface area (Å²) in [5.74, 6) is 0.668.